The minimum Gasteiger partial charge on any atom is -0.478 e. The first-order valence-electron chi connectivity index (χ1n) is 8.02. The van der Waals surface area contributed by atoms with Crippen LogP contribution in [0.3, 0.4) is 0 Å². The molecule has 1 aromatic carbocycles. The van der Waals surface area contributed by atoms with E-state index in [1.165, 1.54) is 31.2 Å². The molecule has 0 amide bonds. The molecule has 1 saturated carbocycles. The van der Waals surface area contributed by atoms with E-state index in [4.69, 9.17) is 0 Å². The van der Waals surface area contributed by atoms with Gasteiger partial charge in [0.1, 0.15) is 5.69 Å². The number of fused-ring (bicyclic) bond motifs is 1. The third kappa shape index (κ3) is 2.15. The van der Waals surface area contributed by atoms with Gasteiger partial charge in [-0.3, -0.25) is 5.10 Å². The van der Waals surface area contributed by atoms with Gasteiger partial charge in [0.15, 0.2) is 0 Å². The van der Waals surface area contributed by atoms with Crippen LogP contribution in [0.4, 0.5) is 0 Å². The summed E-state index contributed by atoms with van der Waals surface area (Å²) in [6, 6.07) is 7.41. The molecule has 0 saturated heterocycles. The van der Waals surface area contributed by atoms with Crippen LogP contribution in [-0.2, 0) is 7.05 Å². The first-order chi connectivity index (χ1) is 11.2. The molecular weight excluding hydrogens is 290 g/mol. The number of carboxylic acid groups (broad SMARTS) is 1. The largest absolute Gasteiger partial charge is 0.478 e. The molecule has 0 aliphatic heterocycles. The summed E-state index contributed by atoms with van der Waals surface area (Å²) in [5.74, 6) is -0.363. The van der Waals surface area contributed by atoms with Crippen LogP contribution in [0.15, 0.2) is 30.5 Å². The topological polar surface area (TPSA) is 70.9 Å². The van der Waals surface area contributed by atoms with Crippen molar-refractivity contribution in [2.24, 2.45) is 7.05 Å². The second-order valence-electron chi connectivity index (χ2n) is 6.30. The lowest BCUT2D eigenvalue weighted by Gasteiger charge is -2.11. The van der Waals surface area contributed by atoms with Crippen molar-refractivity contribution in [3.05, 3.63) is 41.6 Å². The fourth-order valence-electron chi connectivity index (χ4n) is 3.93. The zero-order chi connectivity index (χ0) is 16.0. The van der Waals surface area contributed by atoms with Gasteiger partial charge < -0.3 is 9.67 Å². The average molecular weight is 309 g/mol. The predicted octanol–water partition coefficient (Wildman–Crippen LogP) is 3.92. The van der Waals surface area contributed by atoms with E-state index in [9.17, 15) is 9.90 Å². The number of hydrogen-bond acceptors (Lipinski definition) is 2. The predicted molar refractivity (Wildman–Crippen MR) is 88.7 cm³/mol. The van der Waals surface area contributed by atoms with E-state index in [-0.39, 0.29) is 0 Å². The van der Waals surface area contributed by atoms with Gasteiger partial charge >= 0.3 is 5.97 Å². The second kappa shape index (κ2) is 5.26. The zero-order valence-electron chi connectivity index (χ0n) is 13.0. The first kappa shape index (κ1) is 14.1. The Kier molecular flexibility index (Phi) is 3.22. The maximum Gasteiger partial charge on any atom is 0.335 e. The SMILES string of the molecule is Cn1c(-c2cc[nH]n2)c(C2CCCC2)c2ccc(C(=O)O)cc21. The molecule has 2 aromatic heterocycles. The molecule has 23 heavy (non-hydrogen) atoms. The Morgan fingerprint density at radius 3 is 2.74 bits per heavy atom. The molecule has 2 heterocycles. The maximum absolute atomic E-state index is 11.3. The normalized spacial score (nSPS) is 15.5. The molecule has 0 bridgehead atoms. The molecule has 0 atom stereocenters. The third-order valence-corrected chi connectivity index (χ3v) is 4.99. The summed E-state index contributed by atoms with van der Waals surface area (Å²) in [4.78, 5) is 11.3. The van der Waals surface area contributed by atoms with Gasteiger partial charge in [0.05, 0.1) is 11.3 Å². The van der Waals surface area contributed by atoms with E-state index in [0.29, 0.717) is 11.5 Å². The summed E-state index contributed by atoms with van der Waals surface area (Å²) in [5, 5.41) is 17.7. The number of aromatic amines is 1. The van der Waals surface area contributed by atoms with Gasteiger partial charge in [-0.15, -0.1) is 0 Å². The molecule has 4 rings (SSSR count). The molecule has 0 unspecified atom stereocenters. The van der Waals surface area contributed by atoms with Crippen molar-refractivity contribution in [3.63, 3.8) is 0 Å². The van der Waals surface area contributed by atoms with Gasteiger partial charge in [0, 0.05) is 24.1 Å². The van der Waals surface area contributed by atoms with E-state index >= 15 is 0 Å². The Bertz CT molecular complexity index is 871. The van der Waals surface area contributed by atoms with Crippen LogP contribution in [0.5, 0.6) is 0 Å². The fraction of sp³-hybridized carbons (Fsp3) is 0.333. The van der Waals surface area contributed by atoms with Crippen LogP contribution in [0, 0.1) is 0 Å². The highest BCUT2D eigenvalue weighted by atomic mass is 16.4. The summed E-state index contributed by atoms with van der Waals surface area (Å²) in [7, 11) is 2.00. The van der Waals surface area contributed by atoms with Crippen LogP contribution >= 0.6 is 0 Å². The molecule has 1 aliphatic carbocycles. The maximum atomic E-state index is 11.3. The minimum atomic E-state index is -0.892. The van der Waals surface area contributed by atoms with Crippen molar-refractivity contribution in [2.75, 3.05) is 0 Å². The number of aryl methyl sites for hydroxylation is 1. The molecule has 0 radical (unpaired) electrons. The van der Waals surface area contributed by atoms with Crippen LogP contribution in [-0.4, -0.2) is 25.8 Å². The second-order valence-corrected chi connectivity index (χ2v) is 6.30. The lowest BCUT2D eigenvalue weighted by atomic mass is 9.93. The number of nitrogens with one attached hydrogen (secondary N) is 1. The van der Waals surface area contributed by atoms with E-state index in [2.05, 4.69) is 14.8 Å². The van der Waals surface area contributed by atoms with Crippen LogP contribution < -0.4 is 0 Å². The summed E-state index contributed by atoms with van der Waals surface area (Å²) in [6.07, 6.45) is 6.73. The van der Waals surface area contributed by atoms with Gasteiger partial charge in [-0.25, -0.2) is 4.79 Å². The van der Waals surface area contributed by atoms with Gasteiger partial charge in [-0.1, -0.05) is 18.9 Å². The number of H-pyrrole nitrogens is 1. The Morgan fingerprint density at radius 1 is 1.30 bits per heavy atom. The highest BCUT2D eigenvalue weighted by Gasteiger charge is 2.27. The van der Waals surface area contributed by atoms with Crippen molar-refractivity contribution in [1.82, 2.24) is 14.8 Å². The molecule has 1 fully saturated rings. The van der Waals surface area contributed by atoms with Crippen molar-refractivity contribution < 1.29 is 9.90 Å². The van der Waals surface area contributed by atoms with Gasteiger partial charge in [-0.05, 0) is 42.5 Å². The Labute approximate surface area is 133 Å². The first-order valence-corrected chi connectivity index (χ1v) is 8.02. The lowest BCUT2D eigenvalue weighted by molar-refractivity contribution is 0.0697. The summed E-state index contributed by atoms with van der Waals surface area (Å²) in [5.41, 5.74) is 4.64. The number of carboxylic acids is 1. The number of rotatable bonds is 3. The van der Waals surface area contributed by atoms with Crippen molar-refractivity contribution in [2.45, 2.75) is 31.6 Å². The zero-order valence-corrected chi connectivity index (χ0v) is 13.0. The van der Waals surface area contributed by atoms with E-state index in [1.54, 1.807) is 12.1 Å². The molecular formula is C18H19N3O2. The number of benzene rings is 1. The molecule has 0 spiro atoms. The smallest absolute Gasteiger partial charge is 0.335 e. The average Bonchev–Trinajstić information content (AvgIpc) is 3.26. The van der Waals surface area contributed by atoms with E-state index < -0.39 is 5.97 Å². The van der Waals surface area contributed by atoms with Crippen molar-refractivity contribution in [3.8, 4) is 11.4 Å². The summed E-state index contributed by atoms with van der Waals surface area (Å²) >= 11 is 0. The van der Waals surface area contributed by atoms with Gasteiger partial charge in [0.2, 0.25) is 0 Å². The van der Waals surface area contributed by atoms with E-state index in [1.807, 2.05) is 25.4 Å². The lowest BCUT2D eigenvalue weighted by Crippen LogP contribution is -1.98. The highest BCUT2D eigenvalue weighted by molar-refractivity contribution is 5.97. The number of nitrogens with zero attached hydrogens (tertiary/aromatic N) is 2. The Hall–Kier alpha value is -2.56. The summed E-state index contributed by atoms with van der Waals surface area (Å²) < 4.78 is 2.09. The molecule has 5 nitrogen and oxygen atoms in total. The van der Waals surface area contributed by atoms with Crippen LogP contribution in [0.1, 0.15) is 47.5 Å². The number of carbonyl (C=O) groups is 1. The molecule has 5 heteroatoms. The quantitative estimate of drug-likeness (QED) is 0.770. The molecule has 2 N–H and O–H groups in total. The van der Waals surface area contributed by atoms with Gasteiger partial charge in [-0.2, -0.15) is 5.10 Å². The Morgan fingerprint density at radius 2 is 2.09 bits per heavy atom. The Balaban J connectivity index is 2.03. The van der Waals surface area contributed by atoms with Crippen LogP contribution in [0.2, 0.25) is 0 Å². The third-order valence-electron chi connectivity index (χ3n) is 4.99. The molecule has 1 aliphatic rings. The number of hydrogen-bond donors (Lipinski definition) is 2. The van der Waals surface area contributed by atoms with Crippen molar-refractivity contribution >= 4 is 16.9 Å². The highest BCUT2D eigenvalue weighted by Crippen LogP contribution is 2.44. The fourth-order valence-corrected chi connectivity index (χ4v) is 3.93. The molecule has 3 aromatic rings. The van der Waals surface area contributed by atoms with Gasteiger partial charge in [0.25, 0.3) is 0 Å². The van der Waals surface area contributed by atoms with Crippen molar-refractivity contribution in [1.29, 1.82) is 0 Å². The minimum absolute atomic E-state index is 0.324. The number of aromatic carboxylic acids is 1. The van der Waals surface area contributed by atoms with Crippen LogP contribution in [0.25, 0.3) is 22.3 Å². The summed E-state index contributed by atoms with van der Waals surface area (Å²) in [6.45, 7) is 0. The number of aromatic nitrogens is 3. The standard InChI is InChI=1S/C18H19N3O2/c1-21-15-10-12(18(22)23)6-7-13(15)16(11-4-2-3-5-11)17(21)14-8-9-19-20-14/h6-11H,2-5H2,1H3,(H,19,20)(H,22,23). The monoisotopic (exact) mass is 309 g/mol. The molecule has 118 valence electrons. The van der Waals surface area contributed by atoms with E-state index in [0.717, 1.165) is 22.3 Å².